The number of carbonyl (C=O) groups is 1. The lowest BCUT2D eigenvalue weighted by Gasteiger charge is -2.03. The van der Waals surface area contributed by atoms with Crippen LogP contribution >= 0.6 is 15.9 Å². The first-order valence-electron chi connectivity index (χ1n) is 4.06. The van der Waals surface area contributed by atoms with Crippen molar-refractivity contribution in [1.82, 2.24) is 14.8 Å². The van der Waals surface area contributed by atoms with Crippen LogP contribution in [0.1, 0.15) is 10.4 Å². The van der Waals surface area contributed by atoms with E-state index in [0.29, 0.717) is 4.47 Å². The first kappa shape index (κ1) is 9.85. The van der Waals surface area contributed by atoms with Crippen molar-refractivity contribution in [3.05, 3.63) is 40.9 Å². The third-order valence-electron chi connectivity index (χ3n) is 1.87. The van der Waals surface area contributed by atoms with Gasteiger partial charge in [-0.3, -0.25) is 0 Å². The van der Waals surface area contributed by atoms with Crippen molar-refractivity contribution < 1.29 is 9.90 Å². The number of aromatic carboxylic acids is 1. The Balaban J connectivity index is 2.47. The highest BCUT2D eigenvalue weighted by Crippen LogP contribution is 2.20. The van der Waals surface area contributed by atoms with Gasteiger partial charge in [0.05, 0.1) is 11.3 Å². The minimum atomic E-state index is -0.966. The maximum Gasteiger partial charge on any atom is 0.336 e. The summed E-state index contributed by atoms with van der Waals surface area (Å²) in [5, 5.41) is 12.8. The largest absolute Gasteiger partial charge is 0.478 e. The van der Waals surface area contributed by atoms with E-state index in [1.807, 2.05) is 0 Å². The van der Waals surface area contributed by atoms with Crippen LogP contribution in [0.15, 0.2) is 35.3 Å². The van der Waals surface area contributed by atoms with Gasteiger partial charge in [0, 0.05) is 4.47 Å². The molecular formula is C9H6BrN3O2. The van der Waals surface area contributed by atoms with Gasteiger partial charge in [-0.25, -0.2) is 14.5 Å². The van der Waals surface area contributed by atoms with Gasteiger partial charge in [0.1, 0.15) is 12.7 Å². The summed E-state index contributed by atoms with van der Waals surface area (Å²) in [6.07, 6.45) is 2.96. The molecule has 1 N–H and O–H groups in total. The Labute approximate surface area is 93.5 Å². The van der Waals surface area contributed by atoms with Crippen molar-refractivity contribution in [3.8, 4) is 5.69 Å². The van der Waals surface area contributed by atoms with E-state index in [4.69, 9.17) is 5.11 Å². The van der Waals surface area contributed by atoms with Crippen LogP contribution in [0.25, 0.3) is 5.69 Å². The van der Waals surface area contributed by atoms with Gasteiger partial charge in [0.25, 0.3) is 0 Å². The van der Waals surface area contributed by atoms with Gasteiger partial charge < -0.3 is 5.11 Å². The van der Waals surface area contributed by atoms with Gasteiger partial charge in [0.2, 0.25) is 0 Å². The second-order valence-corrected chi connectivity index (χ2v) is 3.66. The number of hydrogen-bond donors (Lipinski definition) is 1. The molecule has 0 radical (unpaired) electrons. The van der Waals surface area contributed by atoms with Gasteiger partial charge >= 0.3 is 5.97 Å². The van der Waals surface area contributed by atoms with Gasteiger partial charge in [-0.15, -0.1) is 0 Å². The molecular weight excluding hydrogens is 262 g/mol. The fourth-order valence-corrected chi connectivity index (χ4v) is 1.70. The van der Waals surface area contributed by atoms with Crippen molar-refractivity contribution >= 4 is 21.9 Å². The molecule has 2 aromatic rings. The average Bonchev–Trinajstić information content (AvgIpc) is 2.69. The van der Waals surface area contributed by atoms with Crippen LogP contribution < -0.4 is 0 Å². The molecule has 0 saturated heterocycles. The van der Waals surface area contributed by atoms with Gasteiger partial charge in [-0.05, 0) is 34.1 Å². The predicted octanol–water partition coefficient (Wildman–Crippen LogP) is 1.73. The van der Waals surface area contributed by atoms with Gasteiger partial charge in [-0.2, -0.15) is 5.10 Å². The number of aromatic nitrogens is 3. The molecule has 1 heterocycles. The third kappa shape index (κ3) is 1.89. The Morgan fingerprint density at radius 1 is 1.47 bits per heavy atom. The van der Waals surface area contributed by atoms with Crippen molar-refractivity contribution in [2.45, 2.75) is 0 Å². The number of halogens is 1. The second-order valence-electron chi connectivity index (χ2n) is 2.81. The summed E-state index contributed by atoms with van der Waals surface area (Å²) >= 11 is 3.19. The molecule has 0 aliphatic heterocycles. The van der Waals surface area contributed by atoms with Crippen LogP contribution in [0.2, 0.25) is 0 Å². The zero-order chi connectivity index (χ0) is 10.8. The first-order chi connectivity index (χ1) is 7.18. The van der Waals surface area contributed by atoms with Crippen LogP contribution in [0.5, 0.6) is 0 Å². The molecule has 76 valence electrons. The quantitative estimate of drug-likeness (QED) is 0.900. The van der Waals surface area contributed by atoms with E-state index in [0.717, 1.165) is 5.69 Å². The standard InChI is InChI=1S/C9H6BrN3O2/c10-8-3-6(13-5-11-4-12-13)1-2-7(8)9(14)15/h1-5H,(H,14,15). The molecule has 0 amide bonds. The zero-order valence-electron chi connectivity index (χ0n) is 7.46. The molecule has 0 fully saturated rings. The van der Waals surface area contributed by atoms with Crippen LogP contribution in [0.4, 0.5) is 0 Å². The molecule has 0 aliphatic rings. The molecule has 0 bridgehead atoms. The summed E-state index contributed by atoms with van der Waals surface area (Å²) in [6, 6.07) is 4.87. The molecule has 2 rings (SSSR count). The number of carboxylic acid groups (broad SMARTS) is 1. The number of rotatable bonds is 2. The van der Waals surface area contributed by atoms with E-state index in [9.17, 15) is 4.79 Å². The molecule has 1 aromatic carbocycles. The summed E-state index contributed by atoms with van der Waals surface area (Å²) in [5.74, 6) is -0.966. The van der Waals surface area contributed by atoms with Crippen LogP contribution in [-0.2, 0) is 0 Å². The number of hydrogen-bond acceptors (Lipinski definition) is 3. The van der Waals surface area contributed by atoms with Gasteiger partial charge in [0.15, 0.2) is 0 Å². The SMILES string of the molecule is O=C(O)c1ccc(-n2cncn2)cc1Br. The molecule has 6 heteroatoms. The monoisotopic (exact) mass is 267 g/mol. The Hall–Kier alpha value is -1.69. The fourth-order valence-electron chi connectivity index (χ4n) is 1.16. The Morgan fingerprint density at radius 2 is 2.27 bits per heavy atom. The van der Waals surface area contributed by atoms with Crippen molar-refractivity contribution in [2.75, 3.05) is 0 Å². The maximum atomic E-state index is 10.8. The Bertz CT molecular complexity index is 496. The summed E-state index contributed by atoms with van der Waals surface area (Å²) < 4.78 is 2.07. The van der Waals surface area contributed by atoms with E-state index in [1.165, 1.54) is 12.4 Å². The van der Waals surface area contributed by atoms with E-state index in [1.54, 1.807) is 23.1 Å². The molecule has 1 aromatic heterocycles. The smallest absolute Gasteiger partial charge is 0.336 e. The van der Waals surface area contributed by atoms with Crippen molar-refractivity contribution in [3.63, 3.8) is 0 Å². The van der Waals surface area contributed by atoms with Crippen molar-refractivity contribution in [1.29, 1.82) is 0 Å². The van der Waals surface area contributed by atoms with E-state index < -0.39 is 5.97 Å². The number of benzene rings is 1. The zero-order valence-corrected chi connectivity index (χ0v) is 9.05. The van der Waals surface area contributed by atoms with Crippen molar-refractivity contribution in [2.24, 2.45) is 0 Å². The lowest BCUT2D eigenvalue weighted by atomic mass is 10.2. The molecule has 0 aliphatic carbocycles. The molecule has 5 nitrogen and oxygen atoms in total. The van der Waals surface area contributed by atoms with Crippen LogP contribution in [-0.4, -0.2) is 25.8 Å². The molecule has 15 heavy (non-hydrogen) atoms. The van der Waals surface area contributed by atoms with E-state index in [-0.39, 0.29) is 5.56 Å². The molecule has 0 atom stereocenters. The maximum absolute atomic E-state index is 10.8. The third-order valence-corrected chi connectivity index (χ3v) is 2.52. The minimum Gasteiger partial charge on any atom is -0.478 e. The van der Waals surface area contributed by atoms with E-state index >= 15 is 0 Å². The highest BCUT2D eigenvalue weighted by atomic mass is 79.9. The highest BCUT2D eigenvalue weighted by Gasteiger charge is 2.09. The minimum absolute atomic E-state index is 0.221. The lowest BCUT2D eigenvalue weighted by molar-refractivity contribution is 0.0696. The number of carboxylic acids is 1. The fraction of sp³-hybridized carbons (Fsp3) is 0. The predicted molar refractivity (Wildman–Crippen MR) is 56.0 cm³/mol. The summed E-state index contributed by atoms with van der Waals surface area (Å²) in [4.78, 5) is 14.6. The van der Waals surface area contributed by atoms with E-state index in [2.05, 4.69) is 26.0 Å². The lowest BCUT2D eigenvalue weighted by Crippen LogP contribution is -2.00. The number of nitrogens with zero attached hydrogens (tertiary/aromatic N) is 3. The highest BCUT2D eigenvalue weighted by molar-refractivity contribution is 9.10. The molecule has 0 saturated carbocycles. The van der Waals surface area contributed by atoms with Crippen LogP contribution in [0, 0.1) is 0 Å². The average molecular weight is 268 g/mol. The summed E-state index contributed by atoms with van der Waals surface area (Å²) in [7, 11) is 0. The molecule has 0 spiro atoms. The second kappa shape index (κ2) is 3.82. The molecule has 0 unspecified atom stereocenters. The Kier molecular flexibility index (Phi) is 2.51. The summed E-state index contributed by atoms with van der Waals surface area (Å²) in [6.45, 7) is 0. The van der Waals surface area contributed by atoms with Gasteiger partial charge in [-0.1, -0.05) is 0 Å². The van der Waals surface area contributed by atoms with Crippen LogP contribution in [0.3, 0.4) is 0 Å². The topological polar surface area (TPSA) is 68.0 Å². The summed E-state index contributed by atoms with van der Waals surface area (Å²) in [5.41, 5.74) is 0.975. The first-order valence-corrected chi connectivity index (χ1v) is 4.85. The Morgan fingerprint density at radius 3 is 2.80 bits per heavy atom. The normalized spacial score (nSPS) is 10.2.